The van der Waals surface area contributed by atoms with Crippen molar-refractivity contribution < 1.29 is 14.2 Å². The van der Waals surface area contributed by atoms with E-state index in [0.29, 0.717) is 16.5 Å². The fraction of sp³-hybridized carbons (Fsp3) is 0.471. The van der Waals surface area contributed by atoms with E-state index >= 15 is 0 Å². The van der Waals surface area contributed by atoms with Crippen molar-refractivity contribution in [1.82, 2.24) is 14.8 Å². The van der Waals surface area contributed by atoms with Gasteiger partial charge in [0.05, 0.1) is 6.54 Å². The Bertz CT molecular complexity index is 796. The van der Waals surface area contributed by atoms with E-state index in [1.807, 2.05) is 6.92 Å². The topological polar surface area (TPSA) is 60.2 Å². The number of hydrogen-bond acceptors (Lipinski definition) is 5. The van der Waals surface area contributed by atoms with Crippen LogP contribution in [0.3, 0.4) is 0 Å². The highest BCUT2D eigenvalue weighted by atomic mass is 35.5. The lowest BCUT2D eigenvalue weighted by Gasteiger charge is -2.35. The Morgan fingerprint density at radius 2 is 2.28 bits per heavy atom. The van der Waals surface area contributed by atoms with Crippen molar-refractivity contribution in [2.75, 3.05) is 0 Å². The molecule has 5 nitrogen and oxygen atoms in total. The van der Waals surface area contributed by atoms with Crippen molar-refractivity contribution in [3.05, 3.63) is 40.9 Å². The van der Waals surface area contributed by atoms with Crippen LogP contribution >= 0.6 is 23.8 Å². The Morgan fingerprint density at radius 1 is 1.56 bits per heavy atom. The summed E-state index contributed by atoms with van der Waals surface area (Å²) in [5.41, 5.74) is -0.872. The molecule has 1 aliphatic carbocycles. The maximum absolute atomic E-state index is 13.5. The molecule has 1 N–H and O–H groups in total. The van der Waals surface area contributed by atoms with Gasteiger partial charge in [0, 0.05) is 17.5 Å². The molecule has 0 bridgehead atoms. The first-order valence-electron chi connectivity index (χ1n) is 8.05. The van der Waals surface area contributed by atoms with Gasteiger partial charge >= 0.3 is 6.01 Å². The normalized spacial score (nSPS) is 17.8. The lowest BCUT2D eigenvalue weighted by atomic mass is 9.79. The molecular formula is C17H19ClFN3O2S. The first-order valence-corrected chi connectivity index (χ1v) is 8.84. The monoisotopic (exact) mass is 383 g/mol. The second-order valence-electron chi connectivity index (χ2n) is 6.47. The van der Waals surface area contributed by atoms with Gasteiger partial charge in [0.1, 0.15) is 17.7 Å². The number of aliphatic hydroxyl groups is 1. The zero-order valence-electron chi connectivity index (χ0n) is 13.9. The number of halogens is 2. The number of aromatic nitrogens is 3. The molecule has 1 aromatic heterocycles. The molecule has 0 radical (unpaired) electrons. The molecule has 8 heteroatoms. The number of rotatable bonds is 6. The van der Waals surface area contributed by atoms with Gasteiger partial charge in [0.15, 0.2) is 5.05 Å². The molecule has 1 unspecified atom stereocenters. The first-order chi connectivity index (χ1) is 11.8. The maximum atomic E-state index is 13.5. The average Bonchev–Trinajstić information content (AvgIpc) is 3.29. The highest BCUT2D eigenvalue weighted by Crippen LogP contribution is 2.48. The number of thiocarbonyl (C=S) groups is 1. The summed E-state index contributed by atoms with van der Waals surface area (Å²) in [6, 6.07) is 4.23. The van der Waals surface area contributed by atoms with Crippen LogP contribution in [0.1, 0.15) is 32.3 Å². The van der Waals surface area contributed by atoms with Gasteiger partial charge in [-0.3, -0.25) is 0 Å². The summed E-state index contributed by atoms with van der Waals surface area (Å²) in [6.07, 6.45) is 3.42. The van der Waals surface area contributed by atoms with Gasteiger partial charge in [-0.1, -0.05) is 24.6 Å². The van der Waals surface area contributed by atoms with Crippen molar-refractivity contribution in [3.8, 4) is 6.01 Å². The number of hydrogen-bond donors (Lipinski definition) is 1. The highest BCUT2D eigenvalue weighted by Gasteiger charge is 2.46. The van der Waals surface area contributed by atoms with Gasteiger partial charge in [-0.15, -0.1) is 0 Å². The van der Waals surface area contributed by atoms with Crippen molar-refractivity contribution in [2.24, 2.45) is 11.8 Å². The van der Waals surface area contributed by atoms with Crippen molar-refractivity contribution >= 4 is 28.9 Å². The Labute approximate surface area is 155 Å². The minimum Gasteiger partial charge on any atom is -0.417 e. The fourth-order valence-corrected chi connectivity index (χ4v) is 3.50. The van der Waals surface area contributed by atoms with E-state index in [1.54, 1.807) is 6.92 Å². The average molecular weight is 384 g/mol. The van der Waals surface area contributed by atoms with Crippen LogP contribution < -0.4 is 4.74 Å². The standard InChI is InChI=1S/C17H19ClFN3O2S/c1-10(12-3-4-12)17(23,14-6-5-13(19)7-15(14)18)8-22-16(20-9-21-22)24-11(2)25/h5-7,9-10,12,23H,3-4,8H2,1-2H3/t10?,17-/m0/s1. The molecule has 0 saturated heterocycles. The van der Waals surface area contributed by atoms with Crippen LogP contribution in [0.2, 0.25) is 5.02 Å². The summed E-state index contributed by atoms with van der Waals surface area (Å²) < 4.78 is 20.3. The van der Waals surface area contributed by atoms with Crippen LogP contribution in [-0.2, 0) is 12.1 Å². The minimum absolute atomic E-state index is 0.0773. The summed E-state index contributed by atoms with van der Waals surface area (Å²) in [5.74, 6) is -0.163. The van der Waals surface area contributed by atoms with Gasteiger partial charge in [-0.05, 0) is 49.0 Å². The molecule has 2 atom stereocenters. The maximum Gasteiger partial charge on any atom is 0.320 e. The molecule has 0 spiro atoms. The van der Waals surface area contributed by atoms with Crippen LogP contribution in [-0.4, -0.2) is 24.9 Å². The van der Waals surface area contributed by atoms with Crippen LogP contribution in [0.4, 0.5) is 4.39 Å². The summed E-state index contributed by atoms with van der Waals surface area (Å²) in [5, 5.41) is 16.2. The fourth-order valence-electron chi connectivity index (χ4n) is 3.10. The Hall–Kier alpha value is -1.57. The Balaban J connectivity index is 2.00. The molecule has 0 amide bonds. The molecule has 1 saturated carbocycles. The quantitative estimate of drug-likeness (QED) is 0.770. The van der Waals surface area contributed by atoms with Crippen LogP contribution in [0.15, 0.2) is 24.5 Å². The minimum atomic E-state index is -1.34. The van der Waals surface area contributed by atoms with Gasteiger partial charge in [0.25, 0.3) is 0 Å². The predicted molar refractivity (Wildman–Crippen MR) is 96.1 cm³/mol. The van der Waals surface area contributed by atoms with Crippen LogP contribution in [0.25, 0.3) is 0 Å². The number of ether oxygens (including phenoxy) is 1. The predicted octanol–water partition coefficient (Wildman–Crippen LogP) is 3.73. The second-order valence-corrected chi connectivity index (χ2v) is 7.45. The zero-order valence-corrected chi connectivity index (χ0v) is 15.5. The van der Waals surface area contributed by atoms with E-state index in [2.05, 4.69) is 10.1 Å². The van der Waals surface area contributed by atoms with E-state index in [1.165, 1.54) is 29.2 Å². The third-order valence-electron chi connectivity index (χ3n) is 4.69. The molecule has 1 heterocycles. The van der Waals surface area contributed by atoms with Crippen molar-refractivity contribution in [1.29, 1.82) is 0 Å². The molecule has 2 aromatic rings. The summed E-state index contributed by atoms with van der Waals surface area (Å²) in [6.45, 7) is 3.68. The van der Waals surface area contributed by atoms with Gasteiger partial charge in [-0.25, -0.2) is 9.07 Å². The van der Waals surface area contributed by atoms with Gasteiger partial charge in [-0.2, -0.15) is 10.1 Å². The van der Waals surface area contributed by atoms with E-state index in [0.717, 1.165) is 12.8 Å². The molecule has 0 aliphatic heterocycles. The third-order valence-corrected chi connectivity index (χ3v) is 5.08. The third kappa shape index (κ3) is 3.83. The Morgan fingerprint density at radius 3 is 2.88 bits per heavy atom. The van der Waals surface area contributed by atoms with E-state index in [-0.39, 0.29) is 23.5 Å². The van der Waals surface area contributed by atoms with Crippen LogP contribution in [0, 0.1) is 17.7 Å². The lowest BCUT2D eigenvalue weighted by molar-refractivity contribution is -0.0452. The SMILES string of the molecule is CC(=S)Oc1ncnn1C[C@@](O)(c1ccc(F)cc1Cl)C(C)C1CC1. The smallest absolute Gasteiger partial charge is 0.320 e. The first kappa shape index (κ1) is 18.2. The van der Waals surface area contributed by atoms with Gasteiger partial charge in [0.2, 0.25) is 0 Å². The number of nitrogens with zero attached hydrogens (tertiary/aromatic N) is 3. The molecule has 3 rings (SSSR count). The molecular weight excluding hydrogens is 365 g/mol. The second kappa shape index (κ2) is 6.97. The zero-order chi connectivity index (χ0) is 18.2. The van der Waals surface area contributed by atoms with E-state index < -0.39 is 11.4 Å². The van der Waals surface area contributed by atoms with Crippen LogP contribution in [0.5, 0.6) is 6.01 Å². The highest BCUT2D eigenvalue weighted by molar-refractivity contribution is 7.80. The molecule has 1 aromatic carbocycles. The van der Waals surface area contributed by atoms with Gasteiger partial charge < -0.3 is 9.84 Å². The molecule has 1 fully saturated rings. The van der Waals surface area contributed by atoms with Crippen molar-refractivity contribution in [2.45, 2.75) is 38.8 Å². The summed E-state index contributed by atoms with van der Waals surface area (Å²) in [7, 11) is 0. The Kier molecular flexibility index (Phi) is 5.09. The molecule has 134 valence electrons. The summed E-state index contributed by atoms with van der Waals surface area (Å²) >= 11 is 11.2. The van der Waals surface area contributed by atoms with E-state index in [9.17, 15) is 9.50 Å². The van der Waals surface area contributed by atoms with Crippen molar-refractivity contribution in [3.63, 3.8) is 0 Å². The van der Waals surface area contributed by atoms with E-state index in [4.69, 9.17) is 28.6 Å². The summed E-state index contributed by atoms with van der Waals surface area (Å²) in [4.78, 5) is 4.03. The molecule has 1 aliphatic rings. The largest absolute Gasteiger partial charge is 0.417 e. The lowest BCUT2D eigenvalue weighted by Crippen LogP contribution is -2.40. The number of benzene rings is 1. The molecule has 25 heavy (non-hydrogen) atoms.